The van der Waals surface area contributed by atoms with Crippen LogP contribution in [0.2, 0.25) is 5.02 Å². The highest BCUT2D eigenvalue weighted by Crippen LogP contribution is 2.28. The van der Waals surface area contributed by atoms with Crippen LogP contribution in [0.5, 0.6) is 0 Å². The molecule has 124 valence electrons. The Morgan fingerprint density at radius 3 is 2.77 bits per heavy atom. The lowest BCUT2D eigenvalue weighted by molar-refractivity contribution is 0.0971. The molecule has 1 fully saturated rings. The largest absolute Gasteiger partial charge is 0.396 e. The fourth-order valence-corrected chi connectivity index (χ4v) is 3.42. The smallest absolute Gasteiger partial charge is 0.0447 e. The first-order chi connectivity index (χ1) is 10.4. The van der Waals surface area contributed by atoms with Gasteiger partial charge in [-0.1, -0.05) is 17.7 Å². The van der Waals surface area contributed by atoms with E-state index in [4.69, 9.17) is 11.6 Å². The number of rotatable bonds is 5. The number of halogens is 1. The maximum Gasteiger partial charge on any atom is 0.0447 e. The van der Waals surface area contributed by atoms with Gasteiger partial charge in [0.25, 0.3) is 0 Å². The summed E-state index contributed by atoms with van der Waals surface area (Å²) in [6.07, 6.45) is 3.21. The number of likely N-dealkylation sites (tertiary alicyclic amines) is 1. The van der Waals surface area contributed by atoms with Crippen LogP contribution in [0.1, 0.15) is 40.0 Å². The maximum atomic E-state index is 9.23. The lowest BCUT2D eigenvalue weighted by Crippen LogP contribution is -2.54. The summed E-state index contributed by atoms with van der Waals surface area (Å²) < 4.78 is 0. The molecule has 1 aliphatic rings. The van der Waals surface area contributed by atoms with Crippen molar-refractivity contribution in [2.45, 2.75) is 51.6 Å². The molecule has 1 heterocycles. The minimum Gasteiger partial charge on any atom is -0.396 e. The molecule has 1 aromatic carbocycles. The lowest BCUT2D eigenvalue weighted by atomic mass is 9.96. The lowest BCUT2D eigenvalue weighted by Gasteiger charge is -2.45. The Kier molecular flexibility index (Phi) is 6.13. The molecule has 1 saturated heterocycles. The first-order valence-electron chi connectivity index (χ1n) is 8.30. The molecule has 1 unspecified atom stereocenters. The predicted octanol–water partition coefficient (Wildman–Crippen LogP) is 3.79. The summed E-state index contributed by atoms with van der Waals surface area (Å²) in [5.41, 5.74) is 1.37. The Morgan fingerprint density at radius 2 is 2.14 bits per heavy atom. The summed E-state index contributed by atoms with van der Waals surface area (Å²) in [5, 5.41) is 10.0. The topological polar surface area (TPSA) is 26.7 Å². The van der Waals surface area contributed by atoms with Gasteiger partial charge < -0.3 is 10.0 Å². The number of anilines is 1. The van der Waals surface area contributed by atoms with Crippen molar-refractivity contribution in [2.24, 2.45) is 0 Å². The Hall–Kier alpha value is -0.770. The van der Waals surface area contributed by atoms with E-state index >= 15 is 0 Å². The molecule has 1 atom stereocenters. The number of benzene rings is 1. The number of hydrogen-bond donors (Lipinski definition) is 1. The van der Waals surface area contributed by atoms with Gasteiger partial charge in [-0.2, -0.15) is 0 Å². The monoisotopic (exact) mass is 324 g/mol. The maximum absolute atomic E-state index is 9.23. The van der Waals surface area contributed by atoms with Crippen LogP contribution in [0.25, 0.3) is 0 Å². The number of piperidine rings is 1. The molecule has 1 N–H and O–H groups in total. The average Bonchev–Trinajstić information content (AvgIpc) is 2.47. The zero-order valence-corrected chi connectivity index (χ0v) is 14.8. The van der Waals surface area contributed by atoms with Crippen molar-refractivity contribution in [3.8, 4) is 0 Å². The number of hydrogen-bond acceptors (Lipinski definition) is 3. The van der Waals surface area contributed by atoms with Gasteiger partial charge in [-0.15, -0.1) is 0 Å². The molecule has 3 nitrogen and oxygen atoms in total. The van der Waals surface area contributed by atoms with E-state index < -0.39 is 0 Å². The Bertz CT molecular complexity index is 472. The highest BCUT2D eigenvalue weighted by atomic mass is 35.5. The molecule has 0 saturated carbocycles. The molecule has 0 bridgehead atoms. The molecular weight excluding hydrogens is 296 g/mol. The molecule has 0 radical (unpaired) electrons. The third kappa shape index (κ3) is 4.61. The van der Waals surface area contributed by atoms with Crippen molar-refractivity contribution in [2.75, 3.05) is 31.1 Å². The zero-order chi connectivity index (χ0) is 16.2. The van der Waals surface area contributed by atoms with Crippen molar-refractivity contribution in [3.05, 3.63) is 29.3 Å². The summed E-state index contributed by atoms with van der Waals surface area (Å²) in [5.74, 6) is 0. The van der Waals surface area contributed by atoms with E-state index in [-0.39, 0.29) is 12.1 Å². The normalized spacial score (nSPS) is 20.1. The second kappa shape index (κ2) is 7.67. The number of aliphatic hydroxyl groups excluding tert-OH is 1. The van der Waals surface area contributed by atoms with E-state index in [0.717, 1.165) is 24.5 Å². The van der Waals surface area contributed by atoms with Gasteiger partial charge in [0.2, 0.25) is 0 Å². The van der Waals surface area contributed by atoms with Crippen molar-refractivity contribution in [1.82, 2.24) is 4.90 Å². The standard InChI is InChI=1S/C18H29ClN2O/c1-18(2,3)20-10-5-9-17(14-20)21(11-6-12-22)16-8-4-7-15(19)13-16/h4,7-8,13,17,22H,5-6,9-12,14H2,1-3H3. The van der Waals surface area contributed by atoms with Crippen LogP contribution in [0, 0.1) is 0 Å². The molecule has 1 aliphatic heterocycles. The van der Waals surface area contributed by atoms with Crippen LogP contribution >= 0.6 is 11.6 Å². The van der Waals surface area contributed by atoms with Crippen molar-refractivity contribution in [3.63, 3.8) is 0 Å². The zero-order valence-electron chi connectivity index (χ0n) is 14.1. The fraction of sp³-hybridized carbons (Fsp3) is 0.667. The Balaban J connectivity index is 2.17. The summed E-state index contributed by atoms with van der Waals surface area (Å²) in [4.78, 5) is 5.00. The van der Waals surface area contributed by atoms with Gasteiger partial charge in [0, 0.05) is 42.0 Å². The second-order valence-corrected chi connectivity index (χ2v) is 7.60. The second-order valence-electron chi connectivity index (χ2n) is 7.16. The number of nitrogens with zero attached hydrogens (tertiary/aromatic N) is 2. The van der Waals surface area contributed by atoms with E-state index in [2.05, 4.69) is 36.6 Å². The van der Waals surface area contributed by atoms with Crippen LogP contribution in [-0.4, -0.2) is 47.8 Å². The molecular formula is C18H29ClN2O. The molecule has 0 aromatic heterocycles. The Labute approximate surface area is 139 Å². The van der Waals surface area contributed by atoms with E-state index in [1.54, 1.807) is 0 Å². The van der Waals surface area contributed by atoms with Crippen LogP contribution in [0.4, 0.5) is 5.69 Å². The summed E-state index contributed by atoms with van der Waals surface area (Å²) >= 11 is 6.18. The highest BCUT2D eigenvalue weighted by molar-refractivity contribution is 6.30. The Morgan fingerprint density at radius 1 is 1.36 bits per heavy atom. The van der Waals surface area contributed by atoms with E-state index in [1.807, 2.05) is 18.2 Å². The van der Waals surface area contributed by atoms with Crippen LogP contribution in [0.3, 0.4) is 0 Å². The molecule has 0 spiro atoms. The van der Waals surface area contributed by atoms with E-state index in [9.17, 15) is 5.11 Å². The van der Waals surface area contributed by atoms with E-state index in [1.165, 1.54) is 25.1 Å². The van der Waals surface area contributed by atoms with Gasteiger partial charge in [-0.3, -0.25) is 4.90 Å². The summed E-state index contributed by atoms with van der Waals surface area (Å²) in [6, 6.07) is 8.57. The number of aliphatic hydroxyl groups is 1. The first-order valence-corrected chi connectivity index (χ1v) is 8.68. The van der Waals surface area contributed by atoms with Crippen LogP contribution < -0.4 is 4.90 Å². The fourth-order valence-electron chi connectivity index (χ4n) is 3.24. The first kappa shape index (κ1) is 17.6. The van der Waals surface area contributed by atoms with Gasteiger partial charge in [0.05, 0.1) is 0 Å². The molecule has 22 heavy (non-hydrogen) atoms. The van der Waals surface area contributed by atoms with E-state index in [0.29, 0.717) is 6.04 Å². The molecule has 2 rings (SSSR count). The molecule has 0 amide bonds. The highest BCUT2D eigenvalue weighted by Gasteiger charge is 2.30. The third-order valence-corrected chi connectivity index (χ3v) is 4.72. The van der Waals surface area contributed by atoms with Crippen molar-refractivity contribution < 1.29 is 5.11 Å². The molecule has 0 aliphatic carbocycles. The summed E-state index contributed by atoms with van der Waals surface area (Å²) in [6.45, 7) is 10.2. The SMILES string of the molecule is CC(C)(C)N1CCCC(N(CCCO)c2cccc(Cl)c2)C1. The quantitative estimate of drug-likeness (QED) is 0.892. The average molecular weight is 325 g/mol. The molecule has 1 aromatic rings. The minimum atomic E-state index is 0.204. The van der Waals surface area contributed by atoms with Crippen LogP contribution in [-0.2, 0) is 0 Å². The van der Waals surface area contributed by atoms with Gasteiger partial charge in [-0.05, 0) is 64.8 Å². The van der Waals surface area contributed by atoms with Gasteiger partial charge >= 0.3 is 0 Å². The minimum absolute atomic E-state index is 0.204. The van der Waals surface area contributed by atoms with Gasteiger partial charge in [-0.25, -0.2) is 0 Å². The molecule has 4 heteroatoms. The third-order valence-electron chi connectivity index (χ3n) is 4.48. The van der Waals surface area contributed by atoms with Gasteiger partial charge in [0.1, 0.15) is 0 Å². The summed E-state index contributed by atoms with van der Waals surface area (Å²) in [7, 11) is 0. The van der Waals surface area contributed by atoms with Crippen molar-refractivity contribution in [1.29, 1.82) is 0 Å². The van der Waals surface area contributed by atoms with Crippen LogP contribution in [0.15, 0.2) is 24.3 Å². The van der Waals surface area contributed by atoms with Gasteiger partial charge in [0.15, 0.2) is 0 Å². The predicted molar refractivity (Wildman–Crippen MR) is 94.8 cm³/mol. The van der Waals surface area contributed by atoms with Crippen molar-refractivity contribution >= 4 is 17.3 Å².